The molecule has 1 aliphatic carbocycles. The second-order valence-corrected chi connectivity index (χ2v) is 4.30. The average molecular weight is 171 g/mol. The molecule has 0 aliphatic heterocycles. The Bertz CT molecular complexity index is 149. The molecule has 0 aromatic rings. The first kappa shape index (κ1) is 10.0. The lowest BCUT2D eigenvalue weighted by Crippen LogP contribution is -2.35. The fourth-order valence-corrected chi connectivity index (χ4v) is 2.24. The summed E-state index contributed by atoms with van der Waals surface area (Å²) in [5.41, 5.74) is 5.34. The molecule has 2 heteroatoms. The molecular weight excluding hydrogens is 150 g/mol. The second-order valence-electron chi connectivity index (χ2n) is 4.30. The summed E-state index contributed by atoms with van der Waals surface area (Å²) >= 11 is 0. The molecule has 0 aromatic carbocycles. The minimum absolute atomic E-state index is 0.231. The molecule has 1 rings (SSSR count). The molecule has 1 saturated carbocycles. The first-order chi connectivity index (χ1) is 5.58. The fourth-order valence-electron chi connectivity index (χ4n) is 2.24. The van der Waals surface area contributed by atoms with Crippen molar-refractivity contribution in [1.82, 2.24) is 0 Å². The van der Waals surface area contributed by atoms with Crippen LogP contribution in [0.2, 0.25) is 0 Å². The number of rotatable bonds is 3. The molecule has 0 radical (unpaired) electrons. The Labute approximate surface area is 75.2 Å². The molecule has 2 nitrogen and oxygen atoms in total. The van der Waals surface area contributed by atoms with Gasteiger partial charge in [0.2, 0.25) is 0 Å². The molecule has 0 heterocycles. The smallest absolute Gasteiger partial charge is 0.0688 e. The van der Waals surface area contributed by atoms with Crippen LogP contribution in [0.1, 0.15) is 46.0 Å². The minimum Gasteiger partial charge on any atom is -0.390 e. The summed E-state index contributed by atoms with van der Waals surface area (Å²) in [5, 5.41) is 10.2. The van der Waals surface area contributed by atoms with Gasteiger partial charge >= 0.3 is 0 Å². The highest BCUT2D eigenvalue weighted by molar-refractivity contribution is 4.94. The molecule has 1 aliphatic rings. The highest BCUT2D eigenvalue weighted by Gasteiger charge is 2.39. The molecule has 3 N–H and O–H groups in total. The number of hydrogen-bond donors (Lipinski definition) is 2. The molecule has 0 spiro atoms. The summed E-state index contributed by atoms with van der Waals surface area (Å²) in [7, 11) is 0. The third kappa shape index (κ3) is 1.99. The molecule has 0 bridgehead atoms. The van der Waals surface area contributed by atoms with E-state index in [1.54, 1.807) is 0 Å². The molecule has 3 unspecified atom stereocenters. The van der Waals surface area contributed by atoms with E-state index in [-0.39, 0.29) is 6.04 Å². The van der Waals surface area contributed by atoms with Crippen molar-refractivity contribution in [2.24, 2.45) is 11.7 Å². The summed E-state index contributed by atoms with van der Waals surface area (Å²) in [6.45, 7) is 4.30. The van der Waals surface area contributed by atoms with E-state index in [9.17, 15) is 5.11 Å². The van der Waals surface area contributed by atoms with Gasteiger partial charge in [-0.15, -0.1) is 0 Å². The van der Waals surface area contributed by atoms with Crippen LogP contribution in [-0.2, 0) is 0 Å². The maximum absolute atomic E-state index is 10.2. The third-order valence-corrected chi connectivity index (χ3v) is 3.20. The lowest BCUT2D eigenvalue weighted by molar-refractivity contribution is -0.00964. The van der Waals surface area contributed by atoms with Gasteiger partial charge in [0.15, 0.2) is 0 Å². The van der Waals surface area contributed by atoms with Crippen LogP contribution in [0.3, 0.4) is 0 Å². The van der Waals surface area contributed by atoms with E-state index < -0.39 is 5.60 Å². The first-order valence-electron chi connectivity index (χ1n) is 5.06. The number of aliphatic hydroxyl groups is 1. The Balaban J connectivity index is 2.48. The van der Waals surface area contributed by atoms with Gasteiger partial charge in [0.25, 0.3) is 0 Å². The van der Waals surface area contributed by atoms with E-state index in [2.05, 4.69) is 13.8 Å². The van der Waals surface area contributed by atoms with Gasteiger partial charge in [0.1, 0.15) is 0 Å². The largest absolute Gasteiger partial charge is 0.390 e. The van der Waals surface area contributed by atoms with Crippen LogP contribution >= 0.6 is 0 Å². The van der Waals surface area contributed by atoms with Gasteiger partial charge in [0, 0.05) is 6.04 Å². The monoisotopic (exact) mass is 171 g/mol. The van der Waals surface area contributed by atoms with Gasteiger partial charge in [-0.1, -0.05) is 20.3 Å². The normalized spacial score (nSPS) is 38.5. The molecular formula is C10H21NO. The number of nitrogens with two attached hydrogens (primary N) is 1. The third-order valence-electron chi connectivity index (χ3n) is 3.20. The van der Waals surface area contributed by atoms with Gasteiger partial charge in [-0.2, -0.15) is 0 Å². The standard InChI is InChI=1S/C10H21NO/c1-3-4-8(2)10(12)6-5-9(11)7-10/h8-9,12H,3-7,11H2,1-2H3. The summed E-state index contributed by atoms with van der Waals surface area (Å²) in [6, 6.07) is 0.231. The topological polar surface area (TPSA) is 46.2 Å². The SMILES string of the molecule is CCCC(C)C1(O)CCC(N)C1. The summed E-state index contributed by atoms with van der Waals surface area (Å²) in [5.74, 6) is 0.413. The van der Waals surface area contributed by atoms with Crippen molar-refractivity contribution in [2.45, 2.75) is 57.6 Å². The highest BCUT2D eigenvalue weighted by atomic mass is 16.3. The minimum atomic E-state index is -0.449. The van der Waals surface area contributed by atoms with Crippen molar-refractivity contribution < 1.29 is 5.11 Å². The van der Waals surface area contributed by atoms with E-state index in [1.165, 1.54) is 0 Å². The Morgan fingerprint density at radius 3 is 2.75 bits per heavy atom. The zero-order valence-electron chi connectivity index (χ0n) is 8.21. The van der Waals surface area contributed by atoms with Crippen LogP contribution in [0.5, 0.6) is 0 Å². The Hall–Kier alpha value is -0.0800. The van der Waals surface area contributed by atoms with Crippen molar-refractivity contribution in [3.63, 3.8) is 0 Å². The van der Waals surface area contributed by atoms with Crippen LogP contribution < -0.4 is 5.73 Å². The zero-order valence-corrected chi connectivity index (χ0v) is 8.21. The van der Waals surface area contributed by atoms with E-state index in [1.807, 2.05) is 0 Å². The molecule has 12 heavy (non-hydrogen) atoms. The molecule has 1 fully saturated rings. The summed E-state index contributed by atoms with van der Waals surface area (Å²) in [6.07, 6.45) is 4.95. The van der Waals surface area contributed by atoms with Crippen LogP contribution in [0.15, 0.2) is 0 Å². The lowest BCUT2D eigenvalue weighted by Gasteiger charge is -2.29. The lowest BCUT2D eigenvalue weighted by atomic mass is 9.84. The van der Waals surface area contributed by atoms with Crippen molar-refractivity contribution in [1.29, 1.82) is 0 Å². The van der Waals surface area contributed by atoms with Crippen molar-refractivity contribution in [2.75, 3.05) is 0 Å². The quantitative estimate of drug-likeness (QED) is 0.678. The van der Waals surface area contributed by atoms with Gasteiger partial charge < -0.3 is 10.8 Å². The summed E-state index contributed by atoms with van der Waals surface area (Å²) < 4.78 is 0. The van der Waals surface area contributed by atoms with E-state index in [0.717, 1.165) is 32.1 Å². The highest BCUT2D eigenvalue weighted by Crippen LogP contribution is 2.37. The molecule has 0 amide bonds. The molecule has 0 saturated heterocycles. The van der Waals surface area contributed by atoms with Crippen LogP contribution in [0.25, 0.3) is 0 Å². The zero-order chi connectivity index (χ0) is 9.19. The van der Waals surface area contributed by atoms with Gasteiger partial charge in [-0.25, -0.2) is 0 Å². The van der Waals surface area contributed by atoms with Gasteiger partial charge in [-0.3, -0.25) is 0 Å². The Kier molecular flexibility index (Phi) is 3.13. The molecule has 3 atom stereocenters. The Morgan fingerprint density at radius 1 is 1.67 bits per heavy atom. The first-order valence-corrected chi connectivity index (χ1v) is 5.06. The molecule has 0 aromatic heterocycles. The van der Waals surface area contributed by atoms with Crippen LogP contribution in [0, 0.1) is 5.92 Å². The van der Waals surface area contributed by atoms with Crippen molar-refractivity contribution in [3.8, 4) is 0 Å². The molecule has 72 valence electrons. The van der Waals surface area contributed by atoms with Gasteiger partial charge in [0.05, 0.1) is 5.60 Å². The predicted molar refractivity (Wildman–Crippen MR) is 50.8 cm³/mol. The predicted octanol–water partition coefficient (Wildman–Crippen LogP) is 1.66. The fraction of sp³-hybridized carbons (Fsp3) is 1.00. The van der Waals surface area contributed by atoms with E-state index in [4.69, 9.17) is 5.73 Å². The summed E-state index contributed by atoms with van der Waals surface area (Å²) in [4.78, 5) is 0. The van der Waals surface area contributed by atoms with Crippen LogP contribution in [-0.4, -0.2) is 16.7 Å². The Morgan fingerprint density at radius 2 is 2.33 bits per heavy atom. The number of hydrogen-bond acceptors (Lipinski definition) is 2. The van der Waals surface area contributed by atoms with E-state index >= 15 is 0 Å². The maximum atomic E-state index is 10.2. The van der Waals surface area contributed by atoms with E-state index in [0.29, 0.717) is 5.92 Å². The van der Waals surface area contributed by atoms with Crippen LogP contribution in [0.4, 0.5) is 0 Å². The van der Waals surface area contributed by atoms with Crippen molar-refractivity contribution in [3.05, 3.63) is 0 Å². The van der Waals surface area contributed by atoms with Crippen molar-refractivity contribution >= 4 is 0 Å². The second kappa shape index (κ2) is 3.75. The maximum Gasteiger partial charge on any atom is 0.0688 e. The van der Waals surface area contributed by atoms with Gasteiger partial charge in [-0.05, 0) is 31.6 Å². The average Bonchev–Trinajstić information content (AvgIpc) is 2.33.